The van der Waals surface area contributed by atoms with Crippen molar-refractivity contribution in [2.24, 2.45) is 0 Å². The van der Waals surface area contributed by atoms with Crippen LogP contribution in [-0.2, 0) is 9.59 Å². The van der Waals surface area contributed by atoms with Gasteiger partial charge < -0.3 is 28.7 Å². The highest BCUT2D eigenvalue weighted by Gasteiger charge is 2.10. The standard InChI is InChI=1S/C26H32N2O6/c1-27(25(29)13-9-19-7-11-21(31-3)23(17-19)33-5)15-16-28(2)26(30)14-10-20-8-12-22(32-4)24(18-20)34-6/h7-14,17-18H,15-16H2,1-6H3/b13-9+,14-10+. The lowest BCUT2D eigenvalue weighted by atomic mass is 10.2. The number of hydrogen-bond acceptors (Lipinski definition) is 6. The van der Waals surface area contributed by atoms with Crippen LogP contribution in [0.5, 0.6) is 23.0 Å². The predicted octanol–water partition coefficient (Wildman–Crippen LogP) is 3.36. The molecule has 0 aliphatic carbocycles. The predicted molar refractivity (Wildman–Crippen MR) is 132 cm³/mol. The van der Waals surface area contributed by atoms with E-state index >= 15 is 0 Å². The van der Waals surface area contributed by atoms with Gasteiger partial charge in [-0.15, -0.1) is 0 Å². The first-order chi connectivity index (χ1) is 16.3. The van der Waals surface area contributed by atoms with Crippen LogP contribution >= 0.6 is 0 Å². The van der Waals surface area contributed by atoms with E-state index in [0.29, 0.717) is 36.1 Å². The number of amides is 2. The summed E-state index contributed by atoms with van der Waals surface area (Å²) in [5.41, 5.74) is 1.62. The van der Waals surface area contributed by atoms with Gasteiger partial charge in [0.25, 0.3) is 0 Å². The van der Waals surface area contributed by atoms with Crippen molar-refractivity contribution in [1.82, 2.24) is 9.80 Å². The summed E-state index contributed by atoms with van der Waals surface area (Å²) in [6.45, 7) is 0.781. The number of benzene rings is 2. The third-order valence-electron chi connectivity index (χ3n) is 5.18. The number of carbonyl (C=O) groups excluding carboxylic acids is 2. The minimum atomic E-state index is -0.170. The van der Waals surface area contributed by atoms with Crippen LogP contribution in [0.15, 0.2) is 48.6 Å². The molecule has 0 spiro atoms. The molecule has 8 nitrogen and oxygen atoms in total. The van der Waals surface area contributed by atoms with Crippen molar-refractivity contribution in [1.29, 1.82) is 0 Å². The Morgan fingerprint density at radius 1 is 0.647 bits per heavy atom. The van der Waals surface area contributed by atoms with E-state index in [1.54, 1.807) is 88.8 Å². The fraction of sp³-hybridized carbons (Fsp3) is 0.308. The zero-order valence-electron chi connectivity index (χ0n) is 20.5. The summed E-state index contributed by atoms with van der Waals surface area (Å²) in [6.07, 6.45) is 6.39. The van der Waals surface area contributed by atoms with Gasteiger partial charge in [-0.2, -0.15) is 0 Å². The molecule has 0 radical (unpaired) electrons. The van der Waals surface area contributed by atoms with Crippen molar-refractivity contribution in [3.8, 4) is 23.0 Å². The fourth-order valence-corrected chi connectivity index (χ4v) is 3.02. The Kier molecular flexibility index (Phi) is 10.0. The molecule has 0 atom stereocenters. The Hall–Kier alpha value is -3.94. The second-order valence-electron chi connectivity index (χ2n) is 7.42. The molecule has 2 aromatic rings. The summed E-state index contributed by atoms with van der Waals surface area (Å²) in [4.78, 5) is 28.0. The van der Waals surface area contributed by atoms with E-state index in [4.69, 9.17) is 18.9 Å². The van der Waals surface area contributed by atoms with E-state index < -0.39 is 0 Å². The van der Waals surface area contributed by atoms with E-state index in [9.17, 15) is 9.59 Å². The molecule has 0 heterocycles. The van der Waals surface area contributed by atoms with Gasteiger partial charge in [-0.25, -0.2) is 0 Å². The van der Waals surface area contributed by atoms with Crippen LogP contribution < -0.4 is 18.9 Å². The maximum absolute atomic E-state index is 12.4. The van der Waals surface area contributed by atoms with E-state index in [-0.39, 0.29) is 11.8 Å². The summed E-state index contributed by atoms with van der Waals surface area (Å²) in [6, 6.07) is 10.8. The molecule has 0 aliphatic heterocycles. The molecule has 2 aromatic carbocycles. The van der Waals surface area contributed by atoms with Crippen molar-refractivity contribution in [2.45, 2.75) is 0 Å². The van der Waals surface area contributed by atoms with Crippen LogP contribution in [0.25, 0.3) is 12.2 Å². The molecular weight excluding hydrogens is 436 g/mol. The highest BCUT2D eigenvalue weighted by atomic mass is 16.5. The molecule has 34 heavy (non-hydrogen) atoms. The molecule has 0 aliphatic rings. The first kappa shape index (κ1) is 26.3. The molecule has 8 heteroatoms. The zero-order valence-corrected chi connectivity index (χ0v) is 20.5. The number of nitrogens with zero attached hydrogens (tertiary/aromatic N) is 2. The number of rotatable bonds is 11. The summed E-state index contributed by atoms with van der Waals surface area (Å²) in [7, 11) is 9.65. The van der Waals surface area contributed by atoms with E-state index in [1.165, 1.54) is 12.2 Å². The molecule has 0 aromatic heterocycles. The Bertz CT molecular complexity index is 964. The lowest BCUT2D eigenvalue weighted by Gasteiger charge is -2.20. The summed E-state index contributed by atoms with van der Waals surface area (Å²) >= 11 is 0. The summed E-state index contributed by atoms with van der Waals surface area (Å²) < 4.78 is 21.0. The van der Waals surface area contributed by atoms with Gasteiger partial charge in [0.2, 0.25) is 11.8 Å². The average Bonchev–Trinajstić information content (AvgIpc) is 2.87. The molecule has 182 valence electrons. The van der Waals surface area contributed by atoms with Crippen molar-refractivity contribution >= 4 is 24.0 Å². The number of likely N-dealkylation sites (N-methyl/N-ethyl adjacent to an activating group) is 2. The molecule has 0 unspecified atom stereocenters. The highest BCUT2D eigenvalue weighted by Crippen LogP contribution is 2.28. The van der Waals surface area contributed by atoms with Gasteiger partial charge in [0.05, 0.1) is 28.4 Å². The average molecular weight is 469 g/mol. The smallest absolute Gasteiger partial charge is 0.246 e. The lowest BCUT2D eigenvalue weighted by Crippen LogP contribution is -2.36. The van der Waals surface area contributed by atoms with Crippen molar-refractivity contribution in [3.63, 3.8) is 0 Å². The van der Waals surface area contributed by atoms with Crippen LogP contribution in [0, 0.1) is 0 Å². The third kappa shape index (κ3) is 7.30. The normalized spacial score (nSPS) is 10.9. The van der Waals surface area contributed by atoms with Gasteiger partial charge >= 0.3 is 0 Å². The van der Waals surface area contributed by atoms with Crippen LogP contribution in [0.1, 0.15) is 11.1 Å². The van der Waals surface area contributed by atoms with Gasteiger partial charge in [-0.1, -0.05) is 12.1 Å². The maximum atomic E-state index is 12.4. The van der Waals surface area contributed by atoms with Crippen molar-refractivity contribution < 1.29 is 28.5 Å². The second-order valence-corrected chi connectivity index (χ2v) is 7.42. The Morgan fingerprint density at radius 3 is 1.32 bits per heavy atom. The summed E-state index contributed by atoms with van der Waals surface area (Å²) in [5.74, 6) is 2.08. The molecule has 2 amide bonds. The van der Waals surface area contributed by atoms with Gasteiger partial charge in [0.15, 0.2) is 23.0 Å². The fourth-order valence-electron chi connectivity index (χ4n) is 3.02. The molecule has 2 rings (SSSR count). The minimum Gasteiger partial charge on any atom is -0.493 e. The molecule has 0 fully saturated rings. The van der Waals surface area contributed by atoms with Crippen molar-refractivity contribution in [3.05, 3.63) is 59.7 Å². The number of methoxy groups -OCH3 is 4. The first-order valence-corrected chi connectivity index (χ1v) is 10.6. The number of hydrogen-bond donors (Lipinski definition) is 0. The van der Waals surface area contributed by atoms with Crippen LogP contribution in [0.4, 0.5) is 0 Å². The van der Waals surface area contributed by atoms with Crippen molar-refractivity contribution in [2.75, 3.05) is 55.6 Å². The molecule has 0 saturated carbocycles. The van der Waals surface area contributed by atoms with Gasteiger partial charge in [0.1, 0.15) is 0 Å². The molecule has 0 saturated heterocycles. The topological polar surface area (TPSA) is 77.5 Å². The monoisotopic (exact) mass is 468 g/mol. The van der Waals surface area contributed by atoms with Crippen LogP contribution in [0.2, 0.25) is 0 Å². The Morgan fingerprint density at radius 2 is 1.00 bits per heavy atom. The van der Waals surface area contributed by atoms with E-state index in [1.807, 2.05) is 12.1 Å². The molecule has 0 bridgehead atoms. The third-order valence-corrected chi connectivity index (χ3v) is 5.18. The van der Waals surface area contributed by atoms with E-state index in [0.717, 1.165) is 11.1 Å². The largest absolute Gasteiger partial charge is 0.493 e. The lowest BCUT2D eigenvalue weighted by molar-refractivity contribution is -0.128. The maximum Gasteiger partial charge on any atom is 0.246 e. The number of ether oxygens (including phenoxy) is 4. The highest BCUT2D eigenvalue weighted by molar-refractivity contribution is 5.92. The van der Waals surface area contributed by atoms with E-state index in [2.05, 4.69) is 0 Å². The van der Waals surface area contributed by atoms with Crippen LogP contribution in [-0.4, -0.2) is 77.2 Å². The Balaban J connectivity index is 1.89. The number of carbonyl (C=O) groups is 2. The first-order valence-electron chi connectivity index (χ1n) is 10.6. The summed E-state index contributed by atoms with van der Waals surface area (Å²) in [5, 5.41) is 0. The SMILES string of the molecule is COc1ccc(/C=C/C(=O)N(C)CCN(C)C(=O)/C=C/c2ccc(OC)c(OC)c2)cc1OC. The van der Waals surface area contributed by atoms with Crippen LogP contribution in [0.3, 0.4) is 0 Å². The van der Waals surface area contributed by atoms with Gasteiger partial charge in [-0.05, 0) is 47.5 Å². The molecule has 0 N–H and O–H groups in total. The second kappa shape index (κ2) is 12.9. The minimum absolute atomic E-state index is 0.170. The molecular formula is C26H32N2O6. The Labute approximate surface area is 201 Å². The quantitative estimate of drug-likeness (QED) is 0.471. The van der Waals surface area contributed by atoms with Gasteiger partial charge in [0, 0.05) is 39.3 Å². The zero-order chi connectivity index (χ0) is 25.1. The van der Waals surface area contributed by atoms with Gasteiger partial charge in [-0.3, -0.25) is 9.59 Å².